The third kappa shape index (κ3) is 3.65. The second-order valence-corrected chi connectivity index (χ2v) is 7.05. The lowest BCUT2D eigenvalue weighted by atomic mass is 10.1. The highest BCUT2D eigenvalue weighted by Gasteiger charge is 2.31. The normalized spacial score (nSPS) is 13.5. The Balaban J connectivity index is 1.75. The molecular formula is C26H20N4O. The van der Waals surface area contributed by atoms with E-state index in [1.54, 1.807) is 12.1 Å². The quantitative estimate of drug-likeness (QED) is 0.493. The predicted octanol–water partition coefficient (Wildman–Crippen LogP) is 5.44. The van der Waals surface area contributed by atoms with Crippen LogP contribution in [-0.4, -0.2) is 16.8 Å². The maximum absolute atomic E-state index is 9.86. The summed E-state index contributed by atoms with van der Waals surface area (Å²) in [5.41, 5.74) is 3.69. The molecule has 0 saturated carbocycles. The Bertz CT molecular complexity index is 1220. The maximum Gasteiger partial charge on any atom is 0.182 e. The number of hydrogen-bond acceptors (Lipinski definition) is 5. The van der Waals surface area contributed by atoms with Crippen LogP contribution in [-0.2, 0) is 0 Å². The fourth-order valence-corrected chi connectivity index (χ4v) is 3.54. The van der Waals surface area contributed by atoms with Gasteiger partial charge in [0.15, 0.2) is 11.7 Å². The zero-order valence-electron chi connectivity index (χ0n) is 16.7. The van der Waals surface area contributed by atoms with Crippen molar-refractivity contribution >= 4 is 23.0 Å². The lowest BCUT2D eigenvalue weighted by Crippen LogP contribution is -2.53. The van der Waals surface area contributed by atoms with Gasteiger partial charge in [0, 0.05) is 11.1 Å². The fraction of sp³-hybridized carbons (Fsp3) is 0. The summed E-state index contributed by atoms with van der Waals surface area (Å²) in [5.74, 6) is 1.61. The highest BCUT2D eigenvalue weighted by atomic mass is 16.3. The SMILES string of the molecule is Oc1ccc(N2C(c3ccccc3)=NN=C(c3ccccc3)N2c2ccccc2)cc1. The van der Waals surface area contributed by atoms with Crippen molar-refractivity contribution in [2.45, 2.75) is 0 Å². The van der Waals surface area contributed by atoms with Crippen LogP contribution < -0.4 is 10.0 Å². The molecular weight excluding hydrogens is 384 g/mol. The monoisotopic (exact) mass is 404 g/mol. The molecule has 0 saturated heterocycles. The highest BCUT2D eigenvalue weighted by Crippen LogP contribution is 2.31. The van der Waals surface area contributed by atoms with E-state index >= 15 is 0 Å². The number of aromatic hydroxyl groups is 1. The zero-order valence-corrected chi connectivity index (χ0v) is 16.7. The molecule has 0 bridgehead atoms. The Morgan fingerprint density at radius 2 is 0.839 bits per heavy atom. The summed E-state index contributed by atoms with van der Waals surface area (Å²) in [6.45, 7) is 0. The number of phenols is 1. The van der Waals surface area contributed by atoms with Crippen molar-refractivity contribution in [3.8, 4) is 5.75 Å². The molecule has 0 radical (unpaired) electrons. The molecule has 5 heteroatoms. The minimum atomic E-state index is 0.210. The van der Waals surface area contributed by atoms with E-state index in [0.29, 0.717) is 11.7 Å². The molecule has 1 aliphatic rings. The summed E-state index contributed by atoms with van der Waals surface area (Å²) in [7, 11) is 0. The largest absolute Gasteiger partial charge is 0.508 e. The lowest BCUT2D eigenvalue weighted by molar-refractivity contribution is 0.475. The second-order valence-electron chi connectivity index (χ2n) is 7.05. The molecule has 31 heavy (non-hydrogen) atoms. The van der Waals surface area contributed by atoms with Crippen LogP contribution in [0.4, 0.5) is 11.4 Å². The van der Waals surface area contributed by atoms with Crippen LogP contribution in [0.5, 0.6) is 5.75 Å². The van der Waals surface area contributed by atoms with Gasteiger partial charge in [-0.05, 0) is 36.4 Å². The first-order valence-electron chi connectivity index (χ1n) is 10.0. The molecule has 0 atom stereocenters. The van der Waals surface area contributed by atoms with E-state index in [0.717, 1.165) is 22.5 Å². The number of nitrogens with zero attached hydrogens (tertiary/aromatic N) is 4. The average molecular weight is 404 g/mol. The van der Waals surface area contributed by atoms with Crippen molar-refractivity contribution in [3.05, 3.63) is 126 Å². The number of para-hydroxylation sites is 1. The molecule has 1 aliphatic heterocycles. The molecule has 4 aromatic rings. The van der Waals surface area contributed by atoms with Gasteiger partial charge in [-0.3, -0.25) is 0 Å². The van der Waals surface area contributed by atoms with Crippen molar-refractivity contribution in [2.75, 3.05) is 10.0 Å². The first-order chi connectivity index (χ1) is 15.3. The fourth-order valence-electron chi connectivity index (χ4n) is 3.54. The zero-order chi connectivity index (χ0) is 21.0. The van der Waals surface area contributed by atoms with Crippen LogP contribution in [0.25, 0.3) is 0 Å². The summed E-state index contributed by atoms with van der Waals surface area (Å²) >= 11 is 0. The van der Waals surface area contributed by atoms with Gasteiger partial charge in [0.05, 0.1) is 11.4 Å². The molecule has 5 rings (SSSR count). The van der Waals surface area contributed by atoms with Crippen LogP contribution in [0.1, 0.15) is 11.1 Å². The van der Waals surface area contributed by atoms with Gasteiger partial charge in [0.25, 0.3) is 0 Å². The van der Waals surface area contributed by atoms with Gasteiger partial charge in [-0.2, -0.15) is 0 Å². The van der Waals surface area contributed by atoms with Crippen LogP contribution in [0, 0.1) is 0 Å². The number of hydrogen-bond donors (Lipinski definition) is 1. The lowest BCUT2D eigenvalue weighted by Gasteiger charge is -2.40. The highest BCUT2D eigenvalue weighted by molar-refractivity contribution is 6.22. The van der Waals surface area contributed by atoms with Gasteiger partial charge in [-0.15, -0.1) is 10.2 Å². The molecule has 1 heterocycles. The Hall–Kier alpha value is -4.38. The molecule has 0 aromatic heterocycles. The maximum atomic E-state index is 9.86. The van der Waals surface area contributed by atoms with Crippen LogP contribution in [0.15, 0.2) is 125 Å². The minimum Gasteiger partial charge on any atom is -0.508 e. The summed E-state index contributed by atoms with van der Waals surface area (Å²) in [6.07, 6.45) is 0. The van der Waals surface area contributed by atoms with Crippen molar-refractivity contribution in [3.63, 3.8) is 0 Å². The number of phenolic OH excluding ortho intramolecular Hbond substituents is 1. The van der Waals surface area contributed by atoms with Crippen LogP contribution in [0.2, 0.25) is 0 Å². The number of hydrazine groups is 1. The van der Waals surface area contributed by atoms with Gasteiger partial charge in [-0.1, -0.05) is 78.9 Å². The summed E-state index contributed by atoms with van der Waals surface area (Å²) < 4.78 is 0. The van der Waals surface area contributed by atoms with Gasteiger partial charge < -0.3 is 5.11 Å². The smallest absolute Gasteiger partial charge is 0.182 e. The van der Waals surface area contributed by atoms with Crippen LogP contribution in [0.3, 0.4) is 0 Å². The second kappa shape index (κ2) is 8.16. The average Bonchev–Trinajstić information content (AvgIpc) is 2.85. The molecule has 4 aromatic carbocycles. The van der Waals surface area contributed by atoms with Crippen molar-refractivity contribution < 1.29 is 5.11 Å². The molecule has 5 nitrogen and oxygen atoms in total. The number of rotatable bonds is 4. The first kappa shape index (κ1) is 18.6. The Kier molecular flexibility index (Phi) is 4.91. The Morgan fingerprint density at radius 3 is 1.29 bits per heavy atom. The van der Waals surface area contributed by atoms with E-state index in [4.69, 9.17) is 0 Å². The molecule has 0 fully saturated rings. The molecule has 0 aliphatic carbocycles. The topological polar surface area (TPSA) is 51.4 Å². The Morgan fingerprint density at radius 1 is 0.452 bits per heavy atom. The van der Waals surface area contributed by atoms with Gasteiger partial charge >= 0.3 is 0 Å². The third-order valence-electron chi connectivity index (χ3n) is 5.00. The van der Waals surface area contributed by atoms with E-state index in [-0.39, 0.29) is 5.75 Å². The van der Waals surface area contributed by atoms with E-state index in [1.807, 2.05) is 108 Å². The van der Waals surface area contributed by atoms with Gasteiger partial charge in [0.2, 0.25) is 0 Å². The van der Waals surface area contributed by atoms with E-state index in [1.165, 1.54) is 0 Å². The van der Waals surface area contributed by atoms with Crippen molar-refractivity contribution in [1.29, 1.82) is 0 Å². The first-order valence-corrected chi connectivity index (χ1v) is 10.0. The summed E-state index contributed by atoms with van der Waals surface area (Å²) in [6, 6.07) is 37.1. The molecule has 0 unspecified atom stereocenters. The van der Waals surface area contributed by atoms with E-state index < -0.39 is 0 Å². The summed E-state index contributed by atoms with van der Waals surface area (Å²) in [5, 5.41) is 23.2. The van der Waals surface area contributed by atoms with Crippen molar-refractivity contribution in [2.24, 2.45) is 10.2 Å². The third-order valence-corrected chi connectivity index (χ3v) is 5.00. The minimum absolute atomic E-state index is 0.210. The van der Waals surface area contributed by atoms with E-state index in [9.17, 15) is 5.11 Å². The Labute approximate surface area is 180 Å². The molecule has 150 valence electrons. The van der Waals surface area contributed by atoms with E-state index in [2.05, 4.69) is 15.2 Å². The number of benzene rings is 4. The molecule has 0 amide bonds. The van der Waals surface area contributed by atoms with Crippen molar-refractivity contribution in [1.82, 2.24) is 0 Å². The summed E-state index contributed by atoms with van der Waals surface area (Å²) in [4.78, 5) is 0. The van der Waals surface area contributed by atoms with Gasteiger partial charge in [-0.25, -0.2) is 10.0 Å². The standard InChI is InChI=1S/C26H20N4O/c31-24-18-16-23(17-19-24)30-26(21-12-6-2-7-13-21)28-27-25(20-10-4-1-5-11-20)29(30)22-14-8-3-9-15-22/h1-19,31H. The molecule has 0 spiro atoms. The number of amidine groups is 2. The number of anilines is 2. The van der Waals surface area contributed by atoms with Crippen LogP contribution >= 0.6 is 0 Å². The predicted molar refractivity (Wildman–Crippen MR) is 125 cm³/mol. The van der Waals surface area contributed by atoms with Gasteiger partial charge in [0.1, 0.15) is 5.75 Å². The molecule has 1 N–H and O–H groups in total.